The molecule has 15 heavy (non-hydrogen) atoms. The van der Waals surface area contributed by atoms with Crippen LogP contribution in [0.1, 0.15) is 45.0 Å². The molecule has 3 heteroatoms. The van der Waals surface area contributed by atoms with Crippen LogP contribution in [0.25, 0.3) is 0 Å². The highest BCUT2D eigenvalue weighted by molar-refractivity contribution is 9.10. The molecule has 0 saturated heterocycles. The van der Waals surface area contributed by atoms with Crippen LogP contribution in [-0.2, 0) is 0 Å². The summed E-state index contributed by atoms with van der Waals surface area (Å²) >= 11 is 5.44. The first-order chi connectivity index (χ1) is 6.94. The van der Waals surface area contributed by atoms with E-state index in [9.17, 15) is 0 Å². The van der Waals surface area contributed by atoms with Crippen LogP contribution < -0.4 is 5.32 Å². The lowest BCUT2D eigenvalue weighted by atomic mass is 9.87. The minimum atomic E-state index is 0.357. The van der Waals surface area contributed by atoms with Crippen LogP contribution in [0.3, 0.4) is 0 Å². The zero-order chi connectivity index (χ0) is 11.5. The summed E-state index contributed by atoms with van der Waals surface area (Å²) in [5.74, 6) is 0. The Morgan fingerprint density at radius 1 is 1.47 bits per heavy atom. The van der Waals surface area contributed by atoms with Crippen molar-refractivity contribution in [1.29, 1.82) is 0 Å². The third kappa shape index (κ3) is 4.25. The Bertz CT molecular complexity index is 301. The van der Waals surface area contributed by atoms with E-state index in [0.717, 1.165) is 6.54 Å². The van der Waals surface area contributed by atoms with Gasteiger partial charge in [-0.15, -0.1) is 11.3 Å². The van der Waals surface area contributed by atoms with Crippen molar-refractivity contribution in [2.75, 3.05) is 6.54 Å². The van der Waals surface area contributed by atoms with Gasteiger partial charge in [0.2, 0.25) is 0 Å². The number of hydrogen-bond acceptors (Lipinski definition) is 2. The zero-order valence-electron chi connectivity index (χ0n) is 9.93. The van der Waals surface area contributed by atoms with Gasteiger partial charge < -0.3 is 5.32 Å². The second kappa shape index (κ2) is 5.46. The molecular formula is C12H20BrNS. The van der Waals surface area contributed by atoms with Crippen LogP contribution >= 0.6 is 27.3 Å². The van der Waals surface area contributed by atoms with E-state index in [1.54, 1.807) is 0 Å². The molecule has 0 aliphatic heterocycles. The van der Waals surface area contributed by atoms with Gasteiger partial charge in [0.15, 0.2) is 0 Å². The average Bonchev–Trinajstić information content (AvgIpc) is 2.48. The molecule has 86 valence electrons. The van der Waals surface area contributed by atoms with E-state index < -0.39 is 0 Å². The summed E-state index contributed by atoms with van der Waals surface area (Å²) in [5, 5.41) is 5.71. The van der Waals surface area contributed by atoms with E-state index in [0.29, 0.717) is 11.5 Å². The molecule has 1 aromatic rings. The van der Waals surface area contributed by atoms with Gasteiger partial charge in [-0.1, -0.05) is 27.7 Å². The van der Waals surface area contributed by atoms with Crippen LogP contribution in [0.4, 0.5) is 0 Å². The minimum absolute atomic E-state index is 0.357. The van der Waals surface area contributed by atoms with Crippen LogP contribution in [0.15, 0.2) is 15.9 Å². The molecule has 0 bridgehead atoms. The number of halogens is 1. The van der Waals surface area contributed by atoms with Gasteiger partial charge in [0.25, 0.3) is 0 Å². The third-order valence-electron chi connectivity index (χ3n) is 2.23. The molecule has 0 aromatic carbocycles. The second-order valence-electron chi connectivity index (χ2n) is 5.01. The Balaban J connectivity index is 2.79. The summed E-state index contributed by atoms with van der Waals surface area (Å²) in [6.45, 7) is 10.1. The molecule has 0 aliphatic carbocycles. The largest absolute Gasteiger partial charge is 0.309 e. The maximum Gasteiger partial charge on any atom is 0.0431 e. The molecule has 0 radical (unpaired) electrons. The molecular weight excluding hydrogens is 270 g/mol. The van der Waals surface area contributed by atoms with Crippen molar-refractivity contribution >= 4 is 27.3 Å². The summed E-state index contributed by atoms with van der Waals surface area (Å²) < 4.78 is 1.24. The normalized spacial score (nSPS) is 14.2. The van der Waals surface area contributed by atoms with E-state index in [1.807, 2.05) is 11.3 Å². The SMILES string of the molecule is CCNC(CC(C)(C)C)c1sccc1Br. The molecule has 1 nitrogen and oxygen atoms in total. The van der Waals surface area contributed by atoms with Gasteiger partial charge in [-0.2, -0.15) is 0 Å². The summed E-state index contributed by atoms with van der Waals surface area (Å²) in [6.07, 6.45) is 1.17. The van der Waals surface area contributed by atoms with Crippen molar-refractivity contribution in [2.24, 2.45) is 5.41 Å². The van der Waals surface area contributed by atoms with Gasteiger partial charge in [-0.3, -0.25) is 0 Å². The van der Waals surface area contributed by atoms with E-state index in [1.165, 1.54) is 15.8 Å². The summed E-state index contributed by atoms with van der Waals surface area (Å²) in [6, 6.07) is 2.61. The summed E-state index contributed by atoms with van der Waals surface area (Å²) in [7, 11) is 0. The van der Waals surface area contributed by atoms with Gasteiger partial charge in [-0.25, -0.2) is 0 Å². The Labute approximate surface area is 105 Å². The number of rotatable bonds is 4. The Hall–Kier alpha value is 0.140. The topological polar surface area (TPSA) is 12.0 Å². The Morgan fingerprint density at radius 3 is 2.53 bits per heavy atom. The van der Waals surface area contributed by atoms with Crippen LogP contribution in [0, 0.1) is 5.41 Å². The van der Waals surface area contributed by atoms with Crippen molar-refractivity contribution in [3.05, 3.63) is 20.8 Å². The predicted molar refractivity (Wildman–Crippen MR) is 72.5 cm³/mol. The number of thiophene rings is 1. The fourth-order valence-electron chi connectivity index (χ4n) is 1.67. The molecule has 1 N–H and O–H groups in total. The van der Waals surface area contributed by atoms with Crippen molar-refractivity contribution in [3.8, 4) is 0 Å². The quantitative estimate of drug-likeness (QED) is 0.854. The molecule has 0 amide bonds. The van der Waals surface area contributed by atoms with E-state index >= 15 is 0 Å². The first-order valence-electron chi connectivity index (χ1n) is 5.40. The molecule has 0 fully saturated rings. The lowest BCUT2D eigenvalue weighted by Crippen LogP contribution is -2.25. The van der Waals surface area contributed by atoms with Crippen molar-refractivity contribution in [1.82, 2.24) is 5.32 Å². The van der Waals surface area contributed by atoms with Crippen LogP contribution in [0.2, 0.25) is 0 Å². The maximum atomic E-state index is 3.61. The molecule has 1 aromatic heterocycles. The third-order valence-corrected chi connectivity index (χ3v) is 4.21. The first-order valence-corrected chi connectivity index (χ1v) is 7.07. The van der Waals surface area contributed by atoms with Crippen molar-refractivity contribution in [3.63, 3.8) is 0 Å². The van der Waals surface area contributed by atoms with Gasteiger partial charge in [0.1, 0.15) is 0 Å². The highest BCUT2D eigenvalue weighted by atomic mass is 79.9. The standard InChI is InChI=1S/C12H20BrNS/c1-5-14-10(8-12(2,3)4)11-9(13)6-7-15-11/h6-7,10,14H,5,8H2,1-4H3. The molecule has 0 spiro atoms. The maximum absolute atomic E-state index is 3.61. The lowest BCUT2D eigenvalue weighted by Gasteiger charge is -2.26. The fraction of sp³-hybridized carbons (Fsp3) is 0.667. The van der Waals surface area contributed by atoms with Gasteiger partial charge in [-0.05, 0) is 45.8 Å². The van der Waals surface area contributed by atoms with E-state index in [2.05, 4.69) is 60.4 Å². The Morgan fingerprint density at radius 2 is 2.13 bits per heavy atom. The number of nitrogens with one attached hydrogen (secondary N) is 1. The second-order valence-corrected chi connectivity index (χ2v) is 6.81. The van der Waals surface area contributed by atoms with E-state index in [-0.39, 0.29) is 0 Å². The average molecular weight is 290 g/mol. The zero-order valence-corrected chi connectivity index (χ0v) is 12.3. The first kappa shape index (κ1) is 13.2. The van der Waals surface area contributed by atoms with Gasteiger partial charge in [0.05, 0.1) is 0 Å². The molecule has 0 saturated carbocycles. The van der Waals surface area contributed by atoms with E-state index in [4.69, 9.17) is 0 Å². The van der Waals surface area contributed by atoms with Crippen LogP contribution in [0.5, 0.6) is 0 Å². The molecule has 0 aliphatic rings. The fourth-order valence-corrected chi connectivity index (χ4v) is 3.40. The monoisotopic (exact) mass is 289 g/mol. The molecule has 1 unspecified atom stereocenters. The smallest absolute Gasteiger partial charge is 0.0431 e. The summed E-state index contributed by atoms with van der Waals surface area (Å²) in [4.78, 5) is 1.42. The Kier molecular flexibility index (Phi) is 4.81. The predicted octanol–water partition coefficient (Wildman–Crippen LogP) is 4.60. The van der Waals surface area contributed by atoms with Gasteiger partial charge >= 0.3 is 0 Å². The highest BCUT2D eigenvalue weighted by Crippen LogP contribution is 2.36. The number of hydrogen-bond donors (Lipinski definition) is 1. The van der Waals surface area contributed by atoms with Crippen LogP contribution in [-0.4, -0.2) is 6.54 Å². The lowest BCUT2D eigenvalue weighted by molar-refractivity contribution is 0.316. The molecule has 1 heterocycles. The minimum Gasteiger partial charge on any atom is -0.309 e. The molecule has 1 atom stereocenters. The van der Waals surface area contributed by atoms with Crippen molar-refractivity contribution < 1.29 is 0 Å². The molecule has 1 rings (SSSR count). The van der Waals surface area contributed by atoms with Crippen molar-refractivity contribution in [2.45, 2.75) is 40.2 Å². The van der Waals surface area contributed by atoms with Gasteiger partial charge in [0, 0.05) is 15.4 Å². The highest BCUT2D eigenvalue weighted by Gasteiger charge is 2.21. The summed E-state index contributed by atoms with van der Waals surface area (Å²) in [5.41, 5.74) is 0.357.